The van der Waals surface area contributed by atoms with Gasteiger partial charge in [0, 0.05) is 23.5 Å². The minimum Gasteiger partial charge on any atom is -0.497 e. The summed E-state index contributed by atoms with van der Waals surface area (Å²) in [6.07, 6.45) is 2.42. The van der Waals surface area contributed by atoms with Crippen LogP contribution in [0.3, 0.4) is 0 Å². The van der Waals surface area contributed by atoms with E-state index in [1.807, 2.05) is 24.3 Å². The number of rotatable bonds is 5. The zero-order valence-electron chi connectivity index (χ0n) is 13.0. The highest BCUT2D eigenvalue weighted by Gasteiger charge is 2.12. The predicted molar refractivity (Wildman–Crippen MR) is 86.8 cm³/mol. The number of anilines is 2. The van der Waals surface area contributed by atoms with E-state index >= 15 is 0 Å². The minimum atomic E-state index is -0.519. The number of ether oxygens (including phenoxy) is 1. The molecule has 2 aromatic heterocycles. The van der Waals surface area contributed by atoms with Crippen LogP contribution in [0.5, 0.6) is 5.75 Å². The maximum atomic E-state index is 10.8. The van der Waals surface area contributed by atoms with E-state index in [0.717, 1.165) is 11.9 Å². The molecule has 0 unspecified atom stereocenters. The van der Waals surface area contributed by atoms with Crippen LogP contribution < -0.4 is 10.1 Å². The largest absolute Gasteiger partial charge is 0.497 e. The number of nitrogens with one attached hydrogen (secondary N) is 1. The third-order valence-electron chi connectivity index (χ3n) is 3.17. The Morgan fingerprint density at radius 3 is 2.83 bits per heavy atom. The number of nitro groups is 1. The molecular weight excluding hydrogens is 312 g/mol. The van der Waals surface area contributed by atoms with Crippen LogP contribution in [0, 0.1) is 17.0 Å². The lowest BCUT2D eigenvalue weighted by Crippen LogP contribution is -2.05. The van der Waals surface area contributed by atoms with Crippen molar-refractivity contribution < 1.29 is 9.66 Å². The third kappa shape index (κ3) is 3.29. The van der Waals surface area contributed by atoms with Gasteiger partial charge in [0.1, 0.15) is 24.0 Å². The Kier molecular flexibility index (Phi) is 4.06. The zero-order valence-corrected chi connectivity index (χ0v) is 13.0. The molecule has 0 aliphatic rings. The molecule has 24 heavy (non-hydrogen) atoms. The van der Waals surface area contributed by atoms with E-state index in [-0.39, 0.29) is 11.6 Å². The fourth-order valence-corrected chi connectivity index (χ4v) is 2.09. The summed E-state index contributed by atoms with van der Waals surface area (Å²) in [6.45, 7) is 1.81. The quantitative estimate of drug-likeness (QED) is 0.567. The van der Waals surface area contributed by atoms with Crippen molar-refractivity contribution in [3.8, 4) is 11.7 Å². The Balaban J connectivity index is 1.91. The van der Waals surface area contributed by atoms with Crippen LogP contribution in [-0.2, 0) is 0 Å². The molecule has 0 bridgehead atoms. The van der Waals surface area contributed by atoms with Gasteiger partial charge < -0.3 is 10.1 Å². The highest BCUT2D eigenvalue weighted by molar-refractivity contribution is 5.58. The van der Waals surface area contributed by atoms with Crippen molar-refractivity contribution in [1.29, 1.82) is 0 Å². The van der Waals surface area contributed by atoms with Gasteiger partial charge in [-0.2, -0.15) is 14.8 Å². The first-order chi connectivity index (χ1) is 11.5. The van der Waals surface area contributed by atoms with Crippen LogP contribution in [0.2, 0.25) is 0 Å². The molecule has 1 N–H and O–H groups in total. The van der Waals surface area contributed by atoms with E-state index in [2.05, 4.69) is 20.4 Å². The van der Waals surface area contributed by atoms with Crippen molar-refractivity contribution in [2.45, 2.75) is 6.92 Å². The molecule has 0 amide bonds. The molecule has 0 fully saturated rings. The summed E-state index contributed by atoms with van der Waals surface area (Å²) >= 11 is 0. The molecule has 1 aromatic carbocycles. The fraction of sp³-hybridized carbons (Fsp3) is 0.133. The van der Waals surface area contributed by atoms with Crippen molar-refractivity contribution in [2.24, 2.45) is 0 Å². The summed E-state index contributed by atoms with van der Waals surface area (Å²) in [5.41, 5.74) is 1.37. The van der Waals surface area contributed by atoms with Gasteiger partial charge in [-0.15, -0.1) is 0 Å². The first kappa shape index (κ1) is 15.4. The van der Waals surface area contributed by atoms with Crippen molar-refractivity contribution in [3.63, 3.8) is 0 Å². The van der Waals surface area contributed by atoms with Crippen LogP contribution in [0.1, 0.15) is 5.69 Å². The second kappa shape index (κ2) is 6.32. The van der Waals surface area contributed by atoms with Gasteiger partial charge in [-0.25, -0.2) is 4.98 Å². The number of hydrogen-bond donors (Lipinski definition) is 1. The molecule has 0 aliphatic heterocycles. The van der Waals surface area contributed by atoms with E-state index in [9.17, 15) is 10.1 Å². The Bertz CT molecular complexity index is 892. The molecule has 0 saturated carbocycles. The molecule has 0 atom stereocenters. The Morgan fingerprint density at radius 2 is 2.12 bits per heavy atom. The lowest BCUT2D eigenvalue weighted by molar-refractivity contribution is -0.384. The predicted octanol–water partition coefficient (Wildman–Crippen LogP) is 2.63. The lowest BCUT2D eigenvalue weighted by Gasteiger charge is -2.09. The van der Waals surface area contributed by atoms with Crippen LogP contribution in [0.15, 0.2) is 42.7 Å². The summed E-state index contributed by atoms with van der Waals surface area (Å²) in [4.78, 5) is 18.8. The van der Waals surface area contributed by atoms with Gasteiger partial charge in [-0.1, -0.05) is 6.07 Å². The lowest BCUT2D eigenvalue weighted by atomic mass is 10.3. The van der Waals surface area contributed by atoms with E-state index in [1.54, 1.807) is 20.1 Å². The number of aromatic nitrogens is 4. The van der Waals surface area contributed by atoms with Crippen molar-refractivity contribution >= 4 is 17.2 Å². The number of nitrogens with zero attached hydrogens (tertiary/aromatic N) is 5. The van der Waals surface area contributed by atoms with Gasteiger partial charge in [0.05, 0.1) is 12.0 Å². The highest BCUT2D eigenvalue weighted by Crippen LogP contribution is 2.21. The minimum absolute atomic E-state index is 0.123. The average Bonchev–Trinajstić information content (AvgIpc) is 3.05. The molecule has 0 radical (unpaired) electrons. The summed E-state index contributed by atoms with van der Waals surface area (Å²) < 4.78 is 6.45. The molecule has 2 heterocycles. The smallest absolute Gasteiger partial charge is 0.307 e. The van der Waals surface area contributed by atoms with Gasteiger partial charge in [-0.3, -0.25) is 10.1 Å². The Hall–Kier alpha value is -3.49. The highest BCUT2D eigenvalue weighted by atomic mass is 16.6. The molecule has 0 spiro atoms. The van der Waals surface area contributed by atoms with Crippen LogP contribution >= 0.6 is 0 Å². The summed E-state index contributed by atoms with van der Waals surface area (Å²) in [7, 11) is 1.59. The van der Waals surface area contributed by atoms with Crippen LogP contribution in [-0.4, -0.2) is 31.8 Å². The number of aryl methyl sites for hydroxylation is 1. The van der Waals surface area contributed by atoms with Gasteiger partial charge in [0.2, 0.25) is 0 Å². The first-order valence-corrected chi connectivity index (χ1v) is 7.01. The maximum Gasteiger partial charge on any atom is 0.307 e. The van der Waals surface area contributed by atoms with Gasteiger partial charge in [0.15, 0.2) is 0 Å². The van der Waals surface area contributed by atoms with Gasteiger partial charge in [-0.05, 0) is 19.1 Å². The molecule has 0 aliphatic carbocycles. The summed E-state index contributed by atoms with van der Waals surface area (Å²) in [5.74, 6) is 1.51. The number of benzene rings is 1. The SMILES string of the molecule is COc1cccc(Nc2cc(C)nc(-n3cc([N+](=O)[O-])cn3)n2)c1. The van der Waals surface area contributed by atoms with Gasteiger partial charge >= 0.3 is 5.69 Å². The molecule has 3 aromatic rings. The van der Waals surface area contributed by atoms with Crippen molar-refractivity contribution in [2.75, 3.05) is 12.4 Å². The normalized spacial score (nSPS) is 10.4. The van der Waals surface area contributed by atoms with Crippen molar-refractivity contribution in [1.82, 2.24) is 19.7 Å². The second-order valence-electron chi connectivity index (χ2n) is 4.95. The first-order valence-electron chi connectivity index (χ1n) is 7.01. The molecule has 9 heteroatoms. The van der Waals surface area contributed by atoms with Crippen LogP contribution in [0.4, 0.5) is 17.2 Å². The third-order valence-corrected chi connectivity index (χ3v) is 3.17. The van der Waals surface area contributed by atoms with E-state index in [1.165, 1.54) is 10.9 Å². The molecule has 122 valence electrons. The molecule has 0 saturated heterocycles. The maximum absolute atomic E-state index is 10.8. The number of hydrogen-bond acceptors (Lipinski definition) is 7. The molecule has 3 rings (SSSR count). The monoisotopic (exact) mass is 326 g/mol. The summed E-state index contributed by atoms with van der Waals surface area (Å²) in [6, 6.07) is 9.16. The zero-order chi connectivity index (χ0) is 17.1. The Labute approximate surface area is 137 Å². The summed E-state index contributed by atoms with van der Waals surface area (Å²) in [5, 5.41) is 17.8. The topological polar surface area (TPSA) is 108 Å². The Morgan fingerprint density at radius 1 is 1.29 bits per heavy atom. The van der Waals surface area contributed by atoms with Crippen molar-refractivity contribution in [3.05, 3.63) is 58.5 Å². The average molecular weight is 326 g/mol. The van der Waals surface area contributed by atoms with Crippen LogP contribution in [0.25, 0.3) is 5.95 Å². The molecular formula is C15H14N6O3. The fourth-order valence-electron chi connectivity index (χ4n) is 2.09. The van der Waals surface area contributed by atoms with E-state index < -0.39 is 4.92 Å². The second-order valence-corrected chi connectivity index (χ2v) is 4.95. The number of methoxy groups -OCH3 is 1. The van der Waals surface area contributed by atoms with Gasteiger partial charge in [0.25, 0.3) is 5.95 Å². The standard InChI is InChI=1S/C15H14N6O3/c1-10-6-14(18-11-4-3-5-13(7-11)24-2)19-15(17-10)20-9-12(8-16-20)21(22)23/h3-9H,1-2H3,(H,17,18,19). The molecule has 9 nitrogen and oxygen atoms in total. The van der Waals surface area contributed by atoms with E-state index in [0.29, 0.717) is 17.3 Å². The van der Waals surface area contributed by atoms with E-state index in [4.69, 9.17) is 4.74 Å².